The second-order valence-corrected chi connectivity index (χ2v) is 6.42. The summed E-state index contributed by atoms with van der Waals surface area (Å²) in [6.07, 6.45) is 6.24. The molecule has 0 unspecified atom stereocenters. The summed E-state index contributed by atoms with van der Waals surface area (Å²) in [6.45, 7) is 5.13. The van der Waals surface area contributed by atoms with Gasteiger partial charge in [0.15, 0.2) is 0 Å². The van der Waals surface area contributed by atoms with Gasteiger partial charge < -0.3 is 15.8 Å². The number of hydrogen-bond donors (Lipinski definition) is 2. The van der Waals surface area contributed by atoms with E-state index in [2.05, 4.69) is 5.32 Å². The van der Waals surface area contributed by atoms with Crippen molar-refractivity contribution in [1.29, 1.82) is 0 Å². The van der Waals surface area contributed by atoms with Crippen molar-refractivity contribution >= 4 is 11.6 Å². The van der Waals surface area contributed by atoms with Crippen molar-refractivity contribution in [2.45, 2.75) is 52.4 Å². The number of aryl methyl sites for hydroxylation is 1. The molecule has 3 N–H and O–H groups in total. The van der Waals surface area contributed by atoms with Gasteiger partial charge in [0.25, 0.3) is 0 Å². The fourth-order valence-electron chi connectivity index (χ4n) is 3.30. The Balaban J connectivity index is 2.05. The number of ether oxygens (including phenoxy) is 1. The van der Waals surface area contributed by atoms with Crippen LogP contribution in [-0.4, -0.2) is 19.1 Å². The van der Waals surface area contributed by atoms with E-state index < -0.39 is 0 Å². The summed E-state index contributed by atoms with van der Waals surface area (Å²) in [7, 11) is 0. The second-order valence-electron chi connectivity index (χ2n) is 6.42. The van der Waals surface area contributed by atoms with E-state index >= 15 is 0 Å². The summed E-state index contributed by atoms with van der Waals surface area (Å²) in [5.74, 6) is 0.776. The highest BCUT2D eigenvalue weighted by molar-refractivity contribution is 5.92. The fourth-order valence-corrected chi connectivity index (χ4v) is 3.30. The number of hydrogen-bond acceptors (Lipinski definition) is 3. The van der Waals surface area contributed by atoms with E-state index in [-0.39, 0.29) is 11.3 Å². The van der Waals surface area contributed by atoms with Crippen LogP contribution in [0.3, 0.4) is 0 Å². The Morgan fingerprint density at radius 2 is 2.05 bits per heavy atom. The quantitative estimate of drug-likeness (QED) is 0.843. The number of rotatable bonds is 6. The summed E-state index contributed by atoms with van der Waals surface area (Å²) in [5.41, 5.74) is 7.83. The number of carbonyl (C=O) groups excluding carboxylic acids is 1. The van der Waals surface area contributed by atoms with Gasteiger partial charge in [-0.2, -0.15) is 0 Å². The monoisotopic (exact) mass is 304 g/mol. The van der Waals surface area contributed by atoms with Gasteiger partial charge in [0, 0.05) is 6.42 Å². The first-order valence-corrected chi connectivity index (χ1v) is 8.32. The molecular formula is C18H28N2O2. The van der Waals surface area contributed by atoms with Gasteiger partial charge in [-0.1, -0.05) is 25.3 Å². The van der Waals surface area contributed by atoms with E-state index in [0.29, 0.717) is 19.6 Å². The highest BCUT2D eigenvalue weighted by atomic mass is 16.5. The van der Waals surface area contributed by atoms with Gasteiger partial charge in [-0.05, 0) is 56.3 Å². The van der Waals surface area contributed by atoms with Gasteiger partial charge in [0.2, 0.25) is 5.91 Å². The minimum absolute atomic E-state index is 0.0151. The zero-order valence-corrected chi connectivity index (χ0v) is 13.8. The van der Waals surface area contributed by atoms with E-state index in [1.807, 2.05) is 32.0 Å². The van der Waals surface area contributed by atoms with Gasteiger partial charge in [0.05, 0.1) is 12.3 Å². The standard InChI is InChI=1S/C18H28N2O2/c1-3-22-16-11-14(2)7-8-15(16)20-17(21)12-18(13-19)9-5-4-6-10-18/h7-8,11H,3-6,9-10,12-13,19H2,1-2H3,(H,20,21). The maximum Gasteiger partial charge on any atom is 0.225 e. The molecule has 4 heteroatoms. The molecule has 1 amide bonds. The Hall–Kier alpha value is -1.55. The van der Waals surface area contributed by atoms with Gasteiger partial charge in [-0.25, -0.2) is 0 Å². The number of nitrogens with two attached hydrogens (primary N) is 1. The summed E-state index contributed by atoms with van der Waals surface area (Å²) in [6, 6.07) is 5.85. The molecule has 1 saturated carbocycles. The summed E-state index contributed by atoms with van der Waals surface area (Å²) >= 11 is 0. The first-order valence-electron chi connectivity index (χ1n) is 8.32. The summed E-state index contributed by atoms with van der Waals surface area (Å²) < 4.78 is 5.62. The third-order valence-electron chi connectivity index (χ3n) is 4.59. The molecule has 0 saturated heterocycles. The first kappa shape index (κ1) is 16.8. The molecule has 0 aliphatic heterocycles. The molecule has 1 aromatic carbocycles. The highest BCUT2D eigenvalue weighted by Crippen LogP contribution is 2.38. The number of nitrogens with one attached hydrogen (secondary N) is 1. The fraction of sp³-hybridized carbons (Fsp3) is 0.611. The zero-order chi connectivity index (χ0) is 16.0. The highest BCUT2D eigenvalue weighted by Gasteiger charge is 2.33. The summed E-state index contributed by atoms with van der Waals surface area (Å²) in [4.78, 5) is 12.5. The smallest absolute Gasteiger partial charge is 0.225 e. The van der Waals surface area contributed by atoms with Crippen LogP contribution >= 0.6 is 0 Å². The van der Waals surface area contributed by atoms with Crippen molar-refractivity contribution in [3.63, 3.8) is 0 Å². The molecule has 1 fully saturated rings. The Kier molecular flexibility index (Phi) is 5.83. The maximum atomic E-state index is 12.5. The molecule has 22 heavy (non-hydrogen) atoms. The van der Waals surface area contributed by atoms with E-state index in [4.69, 9.17) is 10.5 Å². The average Bonchev–Trinajstić information content (AvgIpc) is 2.51. The van der Waals surface area contributed by atoms with Crippen molar-refractivity contribution in [2.24, 2.45) is 11.1 Å². The van der Waals surface area contributed by atoms with Crippen LogP contribution in [0.25, 0.3) is 0 Å². The maximum absolute atomic E-state index is 12.5. The van der Waals surface area contributed by atoms with Crippen LogP contribution < -0.4 is 15.8 Å². The van der Waals surface area contributed by atoms with Crippen molar-refractivity contribution < 1.29 is 9.53 Å². The second kappa shape index (κ2) is 7.63. The Morgan fingerprint density at radius 1 is 1.32 bits per heavy atom. The molecule has 0 radical (unpaired) electrons. The molecule has 4 nitrogen and oxygen atoms in total. The molecular weight excluding hydrogens is 276 g/mol. The van der Waals surface area contributed by atoms with E-state index in [9.17, 15) is 4.79 Å². The molecule has 1 aromatic rings. The van der Waals surface area contributed by atoms with E-state index in [0.717, 1.165) is 29.8 Å². The Bertz CT molecular complexity index is 508. The summed E-state index contributed by atoms with van der Waals surface area (Å²) in [5, 5.41) is 3.01. The molecule has 0 spiro atoms. The van der Waals surface area contributed by atoms with E-state index in [1.54, 1.807) is 0 Å². The van der Waals surface area contributed by atoms with Crippen molar-refractivity contribution in [1.82, 2.24) is 0 Å². The Labute approximate surface area is 133 Å². The zero-order valence-electron chi connectivity index (χ0n) is 13.8. The lowest BCUT2D eigenvalue weighted by atomic mass is 9.71. The minimum atomic E-state index is -0.0151. The number of anilines is 1. The van der Waals surface area contributed by atoms with Gasteiger partial charge >= 0.3 is 0 Å². The van der Waals surface area contributed by atoms with Gasteiger partial charge in [-0.3, -0.25) is 4.79 Å². The van der Waals surface area contributed by atoms with Crippen LogP contribution in [0.4, 0.5) is 5.69 Å². The lowest BCUT2D eigenvalue weighted by Gasteiger charge is -2.35. The lowest BCUT2D eigenvalue weighted by Crippen LogP contribution is -2.36. The topological polar surface area (TPSA) is 64.3 Å². The Morgan fingerprint density at radius 3 is 2.68 bits per heavy atom. The molecule has 122 valence electrons. The lowest BCUT2D eigenvalue weighted by molar-refractivity contribution is -0.118. The van der Waals surface area contributed by atoms with Crippen LogP contribution in [-0.2, 0) is 4.79 Å². The van der Waals surface area contributed by atoms with Crippen LogP contribution in [0, 0.1) is 12.3 Å². The van der Waals surface area contributed by atoms with Crippen molar-refractivity contribution in [2.75, 3.05) is 18.5 Å². The molecule has 0 bridgehead atoms. The molecule has 0 aromatic heterocycles. The normalized spacial score (nSPS) is 17.0. The molecule has 2 rings (SSSR count). The number of amides is 1. The first-order chi connectivity index (χ1) is 10.6. The predicted molar refractivity (Wildman–Crippen MR) is 90.2 cm³/mol. The number of benzene rings is 1. The van der Waals surface area contributed by atoms with Crippen molar-refractivity contribution in [3.05, 3.63) is 23.8 Å². The predicted octanol–water partition coefficient (Wildman–Crippen LogP) is 3.63. The third kappa shape index (κ3) is 4.23. The van der Waals surface area contributed by atoms with Crippen LogP contribution in [0.2, 0.25) is 0 Å². The largest absolute Gasteiger partial charge is 0.492 e. The average molecular weight is 304 g/mol. The minimum Gasteiger partial charge on any atom is -0.492 e. The molecule has 0 heterocycles. The molecule has 0 atom stereocenters. The number of carbonyl (C=O) groups is 1. The van der Waals surface area contributed by atoms with Crippen LogP contribution in [0.1, 0.15) is 51.0 Å². The van der Waals surface area contributed by atoms with Gasteiger partial charge in [-0.15, -0.1) is 0 Å². The SMILES string of the molecule is CCOc1cc(C)ccc1NC(=O)CC1(CN)CCCCC1. The van der Waals surface area contributed by atoms with Crippen LogP contribution in [0.5, 0.6) is 5.75 Å². The third-order valence-corrected chi connectivity index (χ3v) is 4.59. The van der Waals surface area contributed by atoms with Crippen molar-refractivity contribution in [3.8, 4) is 5.75 Å². The van der Waals surface area contributed by atoms with Crippen LogP contribution in [0.15, 0.2) is 18.2 Å². The molecule has 1 aliphatic carbocycles. The van der Waals surface area contributed by atoms with Gasteiger partial charge in [0.1, 0.15) is 5.75 Å². The molecule has 1 aliphatic rings. The van der Waals surface area contributed by atoms with E-state index in [1.165, 1.54) is 19.3 Å².